The van der Waals surface area contributed by atoms with Crippen LogP contribution in [0, 0.1) is 6.92 Å². The largest absolute Gasteiger partial charge is 0.496 e. The van der Waals surface area contributed by atoms with Crippen molar-refractivity contribution in [3.8, 4) is 5.75 Å². The maximum Gasteiger partial charge on any atom is 0.274 e. The van der Waals surface area contributed by atoms with Gasteiger partial charge in [0.2, 0.25) is 0 Å². The van der Waals surface area contributed by atoms with Gasteiger partial charge in [-0.05, 0) is 13.0 Å². The number of rotatable bonds is 4. The molecule has 0 unspecified atom stereocenters. The quantitative estimate of drug-likeness (QED) is 0.782. The number of benzene rings is 1. The van der Waals surface area contributed by atoms with Gasteiger partial charge in [0.05, 0.1) is 12.7 Å². The van der Waals surface area contributed by atoms with Gasteiger partial charge in [-0.3, -0.25) is 0 Å². The number of nitrogens with one attached hydrogen (secondary N) is 1. The number of hydroxylamine groups is 1. The molecule has 0 aliphatic carbocycles. The summed E-state index contributed by atoms with van der Waals surface area (Å²) in [6.45, 7) is 2.60. The van der Waals surface area contributed by atoms with Crippen molar-refractivity contribution >= 4 is 0 Å². The van der Waals surface area contributed by atoms with E-state index in [9.17, 15) is 8.78 Å². The average Bonchev–Trinajstić information content (AvgIpc) is 2.16. The lowest BCUT2D eigenvalue weighted by Gasteiger charge is -2.18. The van der Waals surface area contributed by atoms with Gasteiger partial charge in [-0.25, -0.2) is 14.3 Å². The normalized spacial score (nSPS) is 11.6. The molecule has 16 heavy (non-hydrogen) atoms. The Morgan fingerprint density at radius 2 is 2.06 bits per heavy atom. The van der Waals surface area contributed by atoms with E-state index in [0.717, 1.165) is 6.92 Å². The monoisotopic (exact) mass is 231 g/mol. The molecule has 0 saturated carbocycles. The summed E-state index contributed by atoms with van der Waals surface area (Å²) in [6, 6.07) is 3.08. The molecule has 0 aromatic heterocycles. The van der Waals surface area contributed by atoms with E-state index in [0.29, 0.717) is 11.1 Å². The van der Waals surface area contributed by atoms with Crippen molar-refractivity contribution in [1.82, 2.24) is 5.48 Å². The summed E-state index contributed by atoms with van der Waals surface area (Å²) in [4.78, 5) is 0. The summed E-state index contributed by atoms with van der Waals surface area (Å²) < 4.78 is 31.7. The fraction of sp³-hybridized carbons (Fsp3) is 0.455. The van der Waals surface area contributed by atoms with Crippen LogP contribution in [-0.2, 0) is 12.5 Å². The van der Waals surface area contributed by atoms with Gasteiger partial charge < -0.3 is 9.94 Å². The van der Waals surface area contributed by atoms with E-state index in [1.165, 1.54) is 13.2 Å². The summed E-state index contributed by atoms with van der Waals surface area (Å²) in [5, 5.41) is 8.63. The molecule has 0 aliphatic rings. The van der Waals surface area contributed by atoms with Crippen molar-refractivity contribution in [2.24, 2.45) is 0 Å². The standard InChI is InChI=1S/C11H15F2NO2/c1-7-4-8(6-14-15)10(16-3)9(5-7)11(2,12)13/h4-5,14-15H,6H2,1-3H3. The van der Waals surface area contributed by atoms with Crippen LogP contribution in [0.1, 0.15) is 23.6 Å². The fourth-order valence-electron chi connectivity index (χ4n) is 1.63. The van der Waals surface area contributed by atoms with Crippen molar-refractivity contribution < 1.29 is 18.7 Å². The third-order valence-corrected chi connectivity index (χ3v) is 2.26. The Kier molecular flexibility index (Phi) is 3.83. The first-order valence-electron chi connectivity index (χ1n) is 4.83. The summed E-state index contributed by atoms with van der Waals surface area (Å²) in [5.74, 6) is -2.86. The van der Waals surface area contributed by atoms with Gasteiger partial charge in [-0.1, -0.05) is 11.6 Å². The number of hydrogen-bond donors (Lipinski definition) is 2. The van der Waals surface area contributed by atoms with Gasteiger partial charge in [0, 0.05) is 19.0 Å². The van der Waals surface area contributed by atoms with Crippen LogP contribution < -0.4 is 10.2 Å². The molecular weight excluding hydrogens is 216 g/mol. The molecule has 1 rings (SSSR count). The van der Waals surface area contributed by atoms with Crippen LogP contribution in [0.5, 0.6) is 5.75 Å². The molecule has 0 bridgehead atoms. The van der Waals surface area contributed by atoms with E-state index < -0.39 is 5.92 Å². The van der Waals surface area contributed by atoms with Gasteiger partial charge in [0.25, 0.3) is 5.92 Å². The summed E-state index contributed by atoms with van der Waals surface area (Å²) >= 11 is 0. The first-order chi connectivity index (χ1) is 7.40. The third kappa shape index (κ3) is 2.68. The van der Waals surface area contributed by atoms with Crippen LogP contribution in [-0.4, -0.2) is 12.3 Å². The molecule has 3 nitrogen and oxygen atoms in total. The molecule has 90 valence electrons. The zero-order valence-electron chi connectivity index (χ0n) is 9.47. The van der Waals surface area contributed by atoms with E-state index in [1.54, 1.807) is 13.0 Å². The number of alkyl halides is 2. The SMILES string of the molecule is COc1c(CNO)cc(C)cc1C(C)(F)F. The smallest absolute Gasteiger partial charge is 0.274 e. The van der Waals surface area contributed by atoms with Crippen LogP contribution in [0.2, 0.25) is 0 Å². The number of aryl methyl sites for hydroxylation is 1. The number of methoxy groups -OCH3 is 1. The molecule has 0 spiro atoms. The van der Waals surface area contributed by atoms with Gasteiger partial charge >= 0.3 is 0 Å². The highest BCUT2D eigenvalue weighted by molar-refractivity contribution is 5.46. The van der Waals surface area contributed by atoms with Gasteiger partial charge in [-0.15, -0.1) is 0 Å². The van der Waals surface area contributed by atoms with E-state index in [-0.39, 0.29) is 17.9 Å². The molecule has 1 aromatic rings. The van der Waals surface area contributed by atoms with Crippen molar-refractivity contribution in [3.05, 3.63) is 28.8 Å². The topological polar surface area (TPSA) is 41.5 Å². The lowest BCUT2D eigenvalue weighted by molar-refractivity contribution is 0.0147. The lowest BCUT2D eigenvalue weighted by atomic mass is 10.0. The molecule has 0 fully saturated rings. The second-order valence-corrected chi connectivity index (χ2v) is 3.73. The zero-order chi connectivity index (χ0) is 12.3. The second kappa shape index (κ2) is 4.76. The van der Waals surface area contributed by atoms with Crippen molar-refractivity contribution in [3.63, 3.8) is 0 Å². The maximum absolute atomic E-state index is 13.3. The minimum Gasteiger partial charge on any atom is -0.496 e. The van der Waals surface area contributed by atoms with Crippen molar-refractivity contribution in [2.45, 2.75) is 26.3 Å². The summed E-state index contributed by atoms with van der Waals surface area (Å²) in [5.41, 5.74) is 2.97. The van der Waals surface area contributed by atoms with E-state index in [2.05, 4.69) is 0 Å². The minimum atomic E-state index is -2.97. The Bertz CT molecular complexity index is 375. The molecule has 0 aliphatic heterocycles. The summed E-state index contributed by atoms with van der Waals surface area (Å²) in [7, 11) is 1.33. The van der Waals surface area contributed by atoms with Crippen LogP contribution in [0.25, 0.3) is 0 Å². The third-order valence-electron chi connectivity index (χ3n) is 2.26. The number of halogens is 2. The fourth-order valence-corrected chi connectivity index (χ4v) is 1.63. The van der Waals surface area contributed by atoms with E-state index in [1.807, 2.05) is 5.48 Å². The van der Waals surface area contributed by atoms with Crippen LogP contribution >= 0.6 is 0 Å². The van der Waals surface area contributed by atoms with Crippen LogP contribution in [0.15, 0.2) is 12.1 Å². The average molecular weight is 231 g/mol. The van der Waals surface area contributed by atoms with Gasteiger partial charge in [0.15, 0.2) is 0 Å². The van der Waals surface area contributed by atoms with Crippen molar-refractivity contribution in [1.29, 1.82) is 0 Å². The molecular formula is C11H15F2NO2. The molecule has 5 heteroatoms. The first-order valence-corrected chi connectivity index (χ1v) is 4.83. The highest BCUT2D eigenvalue weighted by Crippen LogP contribution is 2.37. The molecule has 0 amide bonds. The van der Waals surface area contributed by atoms with Crippen LogP contribution in [0.4, 0.5) is 8.78 Å². The Morgan fingerprint density at radius 3 is 2.50 bits per heavy atom. The van der Waals surface area contributed by atoms with E-state index >= 15 is 0 Å². The zero-order valence-corrected chi connectivity index (χ0v) is 9.47. The lowest BCUT2D eigenvalue weighted by Crippen LogP contribution is -2.14. The molecule has 2 N–H and O–H groups in total. The Labute approximate surface area is 93.0 Å². The van der Waals surface area contributed by atoms with E-state index in [4.69, 9.17) is 9.94 Å². The maximum atomic E-state index is 13.3. The highest BCUT2D eigenvalue weighted by Gasteiger charge is 2.30. The number of ether oxygens (including phenoxy) is 1. The predicted molar refractivity (Wildman–Crippen MR) is 55.9 cm³/mol. The molecule has 0 saturated heterocycles. The first kappa shape index (κ1) is 12.9. The second-order valence-electron chi connectivity index (χ2n) is 3.73. The molecule has 0 heterocycles. The van der Waals surface area contributed by atoms with Crippen molar-refractivity contribution in [2.75, 3.05) is 7.11 Å². The molecule has 0 radical (unpaired) electrons. The molecule has 0 atom stereocenters. The minimum absolute atomic E-state index is 0.0634. The Balaban J connectivity index is 3.36. The Hall–Kier alpha value is -1.20. The molecule has 1 aromatic carbocycles. The summed E-state index contributed by atoms with van der Waals surface area (Å²) in [6.07, 6.45) is 0. The highest BCUT2D eigenvalue weighted by atomic mass is 19.3. The van der Waals surface area contributed by atoms with Crippen LogP contribution in [0.3, 0.4) is 0 Å². The van der Waals surface area contributed by atoms with Gasteiger partial charge in [0.1, 0.15) is 5.75 Å². The number of hydrogen-bond acceptors (Lipinski definition) is 3. The predicted octanol–water partition coefficient (Wildman–Crippen LogP) is 2.59. The Morgan fingerprint density at radius 1 is 1.44 bits per heavy atom. The van der Waals surface area contributed by atoms with Gasteiger partial charge in [-0.2, -0.15) is 0 Å².